The van der Waals surface area contributed by atoms with Crippen LogP contribution in [0.15, 0.2) is 33.5 Å². The zero-order valence-corrected chi connectivity index (χ0v) is 15.7. The summed E-state index contributed by atoms with van der Waals surface area (Å²) in [6.07, 6.45) is 0.619. The molecule has 0 aliphatic carbocycles. The Balaban J connectivity index is 1.86. The van der Waals surface area contributed by atoms with E-state index in [1.807, 2.05) is 0 Å². The van der Waals surface area contributed by atoms with Gasteiger partial charge in [0.2, 0.25) is 11.8 Å². The largest absolute Gasteiger partial charge is 0.423 e. The molecule has 0 spiro atoms. The third kappa shape index (κ3) is 4.48. The average Bonchev–Trinajstić information content (AvgIpc) is 3.09. The molecule has 1 fully saturated rings. The number of carbonyl (C=O) groups is 2. The van der Waals surface area contributed by atoms with Crippen molar-refractivity contribution in [1.29, 1.82) is 0 Å². The number of hydrogen-bond donors (Lipinski definition) is 4. The molecule has 1 aromatic carbocycles. The van der Waals surface area contributed by atoms with Gasteiger partial charge >= 0.3 is 13.2 Å². The number of likely N-dealkylation sites (tertiary alicyclic amines) is 1. The highest BCUT2D eigenvalue weighted by Gasteiger charge is 2.33. The molecule has 1 aliphatic heterocycles. The highest BCUT2D eigenvalue weighted by atomic mass is 31.2. The van der Waals surface area contributed by atoms with Gasteiger partial charge in [-0.1, -0.05) is 0 Å². The molecule has 2 heterocycles. The molecule has 0 unspecified atom stereocenters. The molecule has 5 N–H and O–H groups in total. The van der Waals surface area contributed by atoms with Crippen LogP contribution >= 0.6 is 7.60 Å². The smallest absolute Gasteiger partial charge is 0.336 e. The predicted molar refractivity (Wildman–Crippen MR) is 101 cm³/mol. The molecular formula is C17H20N3O7P. The van der Waals surface area contributed by atoms with Crippen LogP contribution in [-0.2, 0) is 20.3 Å². The molecule has 1 atom stereocenters. The van der Waals surface area contributed by atoms with Crippen molar-refractivity contribution in [3.8, 4) is 0 Å². The molecule has 2 aromatic rings. The minimum absolute atomic E-state index is 0.0927. The van der Waals surface area contributed by atoms with Crippen LogP contribution in [0.25, 0.3) is 11.0 Å². The Morgan fingerprint density at radius 2 is 2.07 bits per heavy atom. The lowest BCUT2D eigenvalue weighted by molar-refractivity contribution is -0.135. The standard InChI is InChI=1S/C17H20N3O7P/c18-8-15(21)20-5-1-2-13(20)17(23)19-11-3-4-12-10(9-28(24,25)26)6-16(22)27-14(12)7-11/h3-4,6-7,13H,1-2,5,8-9,18H2,(H,19,23)(H2,24,25,26)/t13-/m1/s1. The number of nitrogens with one attached hydrogen (secondary N) is 1. The second-order valence-electron chi connectivity index (χ2n) is 6.56. The molecule has 3 rings (SSSR count). The fraction of sp³-hybridized carbons (Fsp3) is 0.353. The van der Waals surface area contributed by atoms with Crippen LogP contribution in [-0.4, -0.2) is 45.6 Å². The van der Waals surface area contributed by atoms with E-state index in [0.717, 1.165) is 6.07 Å². The fourth-order valence-electron chi connectivity index (χ4n) is 3.34. The number of carbonyl (C=O) groups excluding carboxylic acids is 2. The van der Waals surface area contributed by atoms with Crippen LogP contribution in [0.5, 0.6) is 0 Å². The number of amides is 2. The number of anilines is 1. The Hall–Kier alpha value is -2.52. The van der Waals surface area contributed by atoms with Gasteiger partial charge in [0.05, 0.1) is 12.7 Å². The Labute approximate surface area is 159 Å². The van der Waals surface area contributed by atoms with Crippen LogP contribution in [0, 0.1) is 0 Å². The molecule has 0 saturated carbocycles. The Morgan fingerprint density at radius 1 is 1.32 bits per heavy atom. The van der Waals surface area contributed by atoms with Crippen molar-refractivity contribution >= 4 is 36.1 Å². The molecular weight excluding hydrogens is 389 g/mol. The van der Waals surface area contributed by atoms with Crippen molar-refractivity contribution in [2.24, 2.45) is 5.73 Å². The van der Waals surface area contributed by atoms with Crippen molar-refractivity contribution in [2.75, 3.05) is 18.4 Å². The first-order valence-electron chi connectivity index (χ1n) is 8.60. The van der Waals surface area contributed by atoms with E-state index in [9.17, 15) is 28.7 Å². The Kier molecular flexibility index (Phi) is 5.66. The second kappa shape index (κ2) is 7.84. The number of hydrogen-bond acceptors (Lipinski definition) is 6. The normalized spacial score (nSPS) is 17.1. The summed E-state index contributed by atoms with van der Waals surface area (Å²) in [6.45, 7) is 0.291. The third-order valence-electron chi connectivity index (χ3n) is 4.52. The van der Waals surface area contributed by atoms with Crippen LogP contribution < -0.4 is 16.7 Å². The van der Waals surface area contributed by atoms with Crippen molar-refractivity contribution < 1.29 is 28.4 Å². The third-order valence-corrected chi connectivity index (χ3v) is 5.28. The quantitative estimate of drug-likeness (QED) is 0.406. The van der Waals surface area contributed by atoms with E-state index >= 15 is 0 Å². The Morgan fingerprint density at radius 3 is 2.75 bits per heavy atom. The SMILES string of the molecule is NCC(=O)N1CCC[C@@H]1C(=O)Nc1ccc2c(CP(=O)(O)O)cc(=O)oc2c1. The molecule has 11 heteroatoms. The minimum atomic E-state index is -4.38. The summed E-state index contributed by atoms with van der Waals surface area (Å²) in [5.74, 6) is -0.684. The summed E-state index contributed by atoms with van der Waals surface area (Å²) in [7, 11) is -4.38. The highest BCUT2D eigenvalue weighted by molar-refractivity contribution is 7.50. The number of nitrogens with zero attached hydrogens (tertiary/aromatic N) is 1. The number of rotatable bonds is 5. The van der Waals surface area contributed by atoms with E-state index < -0.39 is 25.4 Å². The van der Waals surface area contributed by atoms with Gasteiger partial charge in [0.15, 0.2) is 0 Å². The zero-order chi connectivity index (χ0) is 20.5. The van der Waals surface area contributed by atoms with Gasteiger partial charge in [-0.15, -0.1) is 0 Å². The lowest BCUT2D eigenvalue weighted by Crippen LogP contribution is -2.45. The summed E-state index contributed by atoms with van der Waals surface area (Å²) in [4.78, 5) is 55.9. The molecule has 1 aromatic heterocycles. The van der Waals surface area contributed by atoms with E-state index in [-0.39, 0.29) is 29.5 Å². The van der Waals surface area contributed by atoms with E-state index in [2.05, 4.69) is 5.32 Å². The predicted octanol–water partition coefficient (Wildman–Crippen LogP) is 0.359. The molecule has 1 saturated heterocycles. The van der Waals surface area contributed by atoms with E-state index in [4.69, 9.17) is 10.2 Å². The molecule has 0 bridgehead atoms. The molecule has 2 amide bonds. The van der Waals surface area contributed by atoms with Crippen molar-refractivity contribution in [1.82, 2.24) is 4.90 Å². The number of fused-ring (bicyclic) bond motifs is 1. The number of nitrogens with two attached hydrogens (primary N) is 1. The number of benzene rings is 1. The van der Waals surface area contributed by atoms with E-state index in [1.54, 1.807) is 0 Å². The van der Waals surface area contributed by atoms with Gasteiger partial charge < -0.3 is 30.2 Å². The molecule has 10 nitrogen and oxygen atoms in total. The zero-order valence-electron chi connectivity index (χ0n) is 14.8. The lowest BCUT2D eigenvalue weighted by Gasteiger charge is -2.23. The summed E-state index contributed by atoms with van der Waals surface area (Å²) in [5.41, 5.74) is 5.21. The monoisotopic (exact) mass is 409 g/mol. The van der Waals surface area contributed by atoms with E-state index in [1.165, 1.54) is 23.1 Å². The van der Waals surface area contributed by atoms with Crippen molar-refractivity contribution in [3.05, 3.63) is 40.2 Å². The van der Waals surface area contributed by atoms with Crippen LogP contribution in [0.3, 0.4) is 0 Å². The van der Waals surface area contributed by atoms with Crippen LogP contribution in [0.1, 0.15) is 18.4 Å². The molecule has 150 valence electrons. The first kappa shape index (κ1) is 20.2. The summed E-state index contributed by atoms with van der Waals surface area (Å²) in [5, 5.41) is 3.05. The second-order valence-corrected chi connectivity index (χ2v) is 8.21. The summed E-state index contributed by atoms with van der Waals surface area (Å²) >= 11 is 0. The first-order chi connectivity index (χ1) is 13.2. The molecule has 1 aliphatic rings. The van der Waals surface area contributed by atoms with Crippen LogP contribution in [0.2, 0.25) is 0 Å². The minimum Gasteiger partial charge on any atom is -0.423 e. The maximum Gasteiger partial charge on any atom is 0.336 e. The molecule has 0 radical (unpaired) electrons. The molecule has 28 heavy (non-hydrogen) atoms. The van der Waals surface area contributed by atoms with Crippen molar-refractivity contribution in [3.63, 3.8) is 0 Å². The van der Waals surface area contributed by atoms with Gasteiger partial charge in [-0.05, 0) is 30.5 Å². The Bertz CT molecular complexity index is 1030. The lowest BCUT2D eigenvalue weighted by atomic mass is 10.1. The first-order valence-corrected chi connectivity index (χ1v) is 10.4. The maximum atomic E-state index is 12.6. The van der Waals surface area contributed by atoms with Gasteiger partial charge in [-0.25, -0.2) is 4.79 Å². The van der Waals surface area contributed by atoms with Gasteiger partial charge in [0.25, 0.3) is 0 Å². The topological polar surface area (TPSA) is 163 Å². The van der Waals surface area contributed by atoms with E-state index in [0.29, 0.717) is 30.5 Å². The van der Waals surface area contributed by atoms with Gasteiger partial charge in [-0.2, -0.15) is 0 Å². The van der Waals surface area contributed by atoms with Gasteiger partial charge in [-0.3, -0.25) is 14.2 Å². The highest BCUT2D eigenvalue weighted by Crippen LogP contribution is 2.40. The van der Waals surface area contributed by atoms with Crippen molar-refractivity contribution in [2.45, 2.75) is 25.0 Å². The average molecular weight is 409 g/mol. The van der Waals surface area contributed by atoms with Crippen LogP contribution in [0.4, 0.5) is 5.69 Å². The summed E-state index contributed by atoms with van der Waals surface area (Å²) < 4.78 is 16.4. The van der Waals surface area contributed by atoms with Gasteiger partial charge in [0.1, 0.15) is 11.6 Å². The van der Waals surface area contributed by atoms with Gasteiger partial charge in [0, 0.05) is 29.8 Å². The maximum absolute atomic E-state index is 12.6. The summed E-state index contributed by atoms with van der Waals surface area (Å²) in [6, 6.07) is 4.86. The fourth-order valence-corrected chi connectivity index (χ4v) is 4.05.